The van der Waals surface area contributed by atoms with Crippen molar-refractivity contribution in [3.8, 4) is 0 Å². The molecule has 18 heavy (non-hydrogen) atoms. The second-order valence-electron chi connectivity index (χ2n) is 4.38. The van der Waals surface area contributed by atoms with E-state index in [9.17, 15) is 0 Å². The maximum Gasteiger partial charge on any atom is 0.0794 e. The van der Waals surface area contributed by atoms with Gasteiger partial charge >= 0.3 is 0 Å². The third-order valence-corrected chi connectivity index (χ3v) is 3.42. The Labute approximate surface area is 112 Å². The van der Waals surface area contributed by atoms with Gasteiger partial charge in [0.05, 0.1) is 11.2 Å². The monoisotopic (exact) mass is 261 g/mol. The predicted octanol–water partition coefficient (Wildman–Crippen LogP) is 1.85. The number of thiazole rings is 1. The Morgan fingerprint density at radius 3 is 2.83 bits per heavy atom. The van der Waals surface area contributed by atoms with Crippen molar-refractivity contribution >= 4 is 11.3 Å². The van der Waals surface area contributed by atoms with Crippen LogP contribution >= 0.6 is 11.3 Å². The lowest BCUT2D eigenvalue weighted by Gasteiger charge is -2.12. The summed E-state index contributed by atoms with van der Waals surface area (Å²) in [7, 11) is 0. The maximum atomic E-state index is 6.09. The molecule has 1 atom stereocenters. The minimum atomic E-state index is 0.169. The molecule has 0 fully saturated rings. The van der Waals surface area contributed by atoms with E-state index in [1.807, 2.05) is 11.6 Å². The number of nitrogens with one attached hydrogen (secondary N) is 1. The molecule has 1 aromatic carbocycles. The molecule has 0 aliphatic rings. The van der Waals surface area contributed by atoms with Crippen LogP contribution in [0.2, 0.25) is 0 Å². The standard InChI is InChI=1S/C14H19N3S/c15-13(8-12-4-2-1-3-5-12)9-16-7-6-14-10-18-11-17-14/h1-5,10-11,13,16H,6-9,15H2. The van der Waals surface area contributed by atoms with Gasteiger partial charge < -0.3 is 11.1 Å². The van der Waals surface area contributed by atoms with E-state index in [0.29, 0.717) is 0 Å². The van der Waals surface area contributed by atoms with E-state index in [4.69, 9.17) is 5.73 Å². The highest BCUT2D eigenvalue weighted by atomic mass is 32.1. The molecule has 96 valence electrons. The second kappa shape index (κ2) is 7.26. The lowest BCUT2D eigenvalue weighted by Crippen LogP contribution is -2.36. The molecule has 3 N–H and O–H groups in total. The van der Waals surface area contributed by atoms with Crippen molar-refractivity contribution in [3.63, 3.8) is 0 Å². The van der Waals surface area contributed by atoms with E-state index in [1.165, 1.54) is 5.56 Å². The van der Waals surface area contributed by atoms with Crippen LogP contribution in [0.25, 0.3) is 0 Å². The smallest absolute Gasteiger partial charge is 0.0794 e. The molecule has 0 spiro atoms. The van der Waals surface area contributed by atoms with Crippen LogP contribution in [0.3, 0.4) is 0 Å². The molecule has 3 nitrogen and oxygen atoms in total. The van der Waals surface area contributed by atoms with Crippen LogP contribution < -0.4 is 11.1 Å². The minimum Gasteiger partial charge on any atom is -0.326 e. The van der Waals surface area contributed by atoms with Gasteiger partial charge in [0, 0.05) is 30.9 Å². The van der Waals surface area contributed by atoms with Crippen molar-refractivity contribution in [2.45, 2.75) is 18.9 Å². The van der Waals surface area contributed by atoms with Crippen LogP contribution in [0, 0.1) is 0 Å². The molecule has 0 saturated heterocycles. The van der Waals surface area contributed by atoms with Gasteiger partial charge in [0.1, 0.15) is 0 Å². The number of aromatic nitrogens is 1. The summed E-state index contributed by atoms with van der Waals surface area (Å²) in [6.45, 7) is 1.78. The first-order chi connectivity index (χ1) is 8.84. The lowest BCUT2D eigenvalue weighted by atomic mass is 10.1. The molecular formula is C14H19N3S. The predicted molar refractivity (Wildman–Crippen MR) is 76.8 cm³/mol. The Kier molecular flexibility index (Phi) is 5.33. The number of hydrogen-bond acceptors (Lipinski definition) is 4. The molecule has 1 heterocycles. The summed E-state index contributed by atoms with van der Waals surface area (Å²) in [6, 6.07) is 10.5. The van der Waals surface area contributed by atoms with E-state index in [1.54, 1.807) is 11.3 Å². The van der Waals surface area contributed by atoms with Crippen LogP contribution in [0.15, 0.2) is 41.2 Å². The molecule has 0 aliphatic heterocycles. The first-order valence-electron chi connectivity index (χ1n) is 6.22. The van der Waals surface area contributed by atoms with Gasteiger partial charge in [-0.2, -0.15) is 0 Å². The SMILES string of the molecule is NC(CNCCc1cscn1)Cc1ccccc1. The van der Waals surface area contributed by atoms with Crippen LogP contribution in [0.4, 0.5) is 0 Å². The molecule has 0 aliphatic carbocycles. The van der Waals surface area contributed by atoms with Crippen molar-refractivity contribution in [3.05, 3.63) is 52.5 Å². The van der Waals surface area contributed by atoms with E-state index in [0.717, 1.165) is 31.6 Å². The average molecular weight is 261 g/mol. The van der Waals surface area contributed by atoms with Crippen molar-refractivity contribution in [2.24, 2.45) is 5.73 Å². The van der Waals surface area contributed by atoms with Crippen LogP contribution in [-0.4, -0.2) is 24.1 Å². The third-order valence-electron chi connectivity index (χ3n) is 2.79. The summed E-state index contributed by atoms with van der Waals surface area (Å²) in [4.78, 5) is 4.25. The van der Waals surface area contributed by atoms with Gasteiger partial charge in [-0.25, -0.2) is 4.98 Å². The van der Waals surface area contributed by atoms with Crippen molar-refractivity contribution in [2.75, 3.05) is 13.1 Å². The summed E-state index contributed by atoms with van der Waals surface area (Å²) in [6.07, 6.45) is 1.89. The van der Waals surface area contributed by atoms with E-state index >= 15 is 0 Å². The number of rotatable bonds is 7. The van der Waals surface area contributed by atoms with E-state index in [-0.39, 0.29) is 6.04 Å². The molecule has 1 unspecified atom stereocenters. The molecule has 0 saturated carbocycles. The number of benzene rings is 1. The Bertz CT molecular complexity index is 428. The van der Waals surface area contributed by atoms with Gasteiger partial charge in [-0.15, -0.1) is 11.3 Å². The van der Waals surface area contributed by atoms with Gasteiger partial charge in [0.2, 0.25) is 0 Å². The fraction of sp³-hybridized carbons (Fsp3) is 0.357. The van der Waals surface area contributed by atoms with E-state index < -0.39 is 0 Å². The molecular weight excluding hydrogens is 242 g/mol. The molecule has 0 amide bonds. The fourth-order valence-electron chi connectivity index (χ4n) is 1.85. The third kappa shape index (κ3) is 4.56. The Morgan fingerprint density at radius 2 is 2.11 bits per heavy atom. The van der Waals surface area contributed by atoms with Crippen LogP contribution in [-0.2, 0) is 12.8 Å². The minimum absolute atomic E-state index is 0.169. The van der Waals surface area contributed by atoms with Crippen molar-refractivity contribution in [1.29, 1.82) is 0 Å². The fourth-order valence-corrected chi connectivity index (χ4v) is 2.45. The molecule has 1 aromatic heterocycles. The molecule has 0 radical (unpaired) electrons. The normalized spacial score (nSPS) is 12.5. The van der Waals surface area contributed by atoms with E-state index in [2.05, 4.69) is 39.9 Å². The highest BCUT2D eigenvalue weighted by Gasteiger charge is 2.03. The Morgan fingerprint density at radius 1 is 1.28 bits per heavy atom. The summed E-state index contributed by atoms with van der Waals surface area (Å²) in [5, 5.41) is 5.47. The summed E-state index contributed by atoms with van der Waals surface area (Å²) >= 11 is 1.64. The maximum absolute atomic E-state index is 6.09. The van der Waals surface area contributed by atoms with Crippen molar-refractivity contribution < 1.29 is 0 Å². The number of hydrogen-bond donors (Lipinski definition) is 2. The van der Waals surface area contributed by atoms with Gasteiger partial charge in [0.25, 0.3) is 0 Å². The quantitative estimate of drug-likeness (QED) is 0.748. The Hall–Kier alpha value is -1.23. The zero-order valence-corrected chi connectivity index (χ0v) is 11.2. The first kappa shape index (κ1) is 13.2. The number of nitrogens with two attached hydrogens (primary N) is 1. The van der Waals surface area contributed by atoms with Gasteiger partial charge in [-0.3, -0.25) is 0 Å². The van der Waals surface area contributed by atoms with Gasteiger partial charge in [-0.1, -0.05) is 30.3 Å². The van der Waals surface area contributed by atoms with Gasteiger partial charge in [-0.05, 0) is 12.0 Å². The van der Waals surface area contributed by atoms with Gasteiger partial charge in [0.15, 0.2) is 0 Å². The molecule has 0 bridgehead atoms. The lowest BCUT2D eigenvalue weighted by molar-refractivity contribution is 0.573. The summed E-state index contributed by atoms with van der Waals surface area (Å²) in [5.74, 6) is 0. The highest BCUT2D eigenvalue weighted by molar-refractivity contribution is 7.07. The summed E-state index contributed by atoms with van der Waals surface area (Å²) in [5.41, 5.74) is 10.4. The molecule has 2 aromatic rings. The highest BCUT2D eigenvalue weighted by Crippen LogP contribution is 2.02. The largest absolute Gasteiger partial charge is 0.326 e. The topological polar surface area (TPSA) is 50.9 Å². The molecule has 4 heteroatoms. The summed E-state index contributed by atoms with van der Waals surface area (Å²) < 4.78 is 0. The average Bonchev–Trinajstić information content (AvgIpc) is 2.89. The zero-order valence-electron chi connectivity index (χ0n) is 10.4. The Balaban J connectivity index is 1.62. The van der Waals surface area contributed by atoms with Crippen LogP contribution in [0.1, 0.15) is 11.3 Å². The zero-order chi connectivity index (χ0) is 12.6. The number of nitrogens with zero attached hydrogens (tertiary/aromatic N) is 1. The van der Waals surface area contributed by atoms with Crippen molar-refractivity contribution in [1.82, 2.24) is 10.3 Å². The molecule has 2 rings (SSSR count). The first-order valence-corrected chi connectivity index (χ1v) is 7.16. The van der Waals surface area contributed by atoms with Crippen LogP contribution in [0.5, 0.6) is 0 Å². The second-order valence-corrected chi connectivity index (χ2v) is 5.10.